The molecule has 2 aromatic heterocycles. The van der Waals surface area contributed by atoms with E-state index in [0.717, 1.165) is 18.7 Å². The van der Waals surface area contributed by atoms with Gasteiger partial charge in [0.15, 0.2) is 5.13 Å². The number of carbonyl (C=O) groups excluding carboxylic acids is 1. The zero-order valence-electron chi connectivity index (χ0n) is 17.7. The minimum absolute atomic E-state index is 0.0485. The van der Waals surface area contributed by atoms with Crippen molar-refractivity contribution in [3.63, 3.8) is 0 Å². The number of halogens is 1. The third-order valence-electron chi connectivity index (χ3n) is 5.00. The Kier molecular flexibility index (Phi) is 6.80. The number of nitrogens with zero attached hydrogens (tertiary/aromatic N) is 6. The van der Waals surface area contributed by atoms with Gasteiger partial charge in [-0.1, -0.05) is 35.1 Å². The van der Waals surface area contributed by atoms with Crippen LogP contribution >= 0.6 is 22.9 Å². The van der Waals surface area contributed by atoms with E-state index in [1.165, 1.54) is 17.5 Å². The number of aryl methyl sites for hydroxylation is 2. The molecular formula is C20H23ClN8O2S. The molecule has 10 nitrogen and oxygen atoms in total. The van der Waals surface area contributed by atoms with Crippen LogP contribution in [-0.2, 0) is 0 Å². The zero-order chi connectivity index (χ0) is 22.7. The van der Waals surface area contributed by atoms with Gasteiger partial charge in [-0.3, -0.25) is 15.0 Å². The van der Waals surface area contributed by atoms with E-state index in [0.29, 0.717) is 51.5 Å². The van der Waals surface area contributed by atoms with E-state index in [-0.39, 0.29) is 12.6 Å². The quantitative estimate of drug-likeness (QED) is 0.495. The molecule has 0 atom stereocenters. The summed E-state index contributed by atoms with van der Waals surface area (Å²) < 4.78 is 0. The predicted molar refractivity (Wildman–Crippen MR) is 125 cm³/mol. The van der Waals surface area contributed by atoms with Crippen LogP contribution in [-0.4, -0.2) is 68.8 Å². The van der Waals surface area contributed by atoms with Gasteiger partial charge in [0, 0.05) is 26.2 Å². The third kappa shape index (κ3) is 5.13. The molecule has 1 aromatic carbocycles. The number of para-hydroxylation sites is 1. The van der Waals surface area contributed by atoms with Gasteiger partial charge in [-0.05, 0) is 25.5 Å². The van der Waals surface area contributed by atoms with Crippen molar-refractivity contribution in [3.8, 4) is 0 Å². The first-order chi connectivity index (χ1) is 15.4. The lowest BCUT2D eigenvalue weighted by atomic mass is 10.2. The Bertz CT molecular complexity index is 1100. The number of anilines is 4. The number of aromatic nitrogens is 4. The van der Waals surface area contributed by atoms with Gasteiger partial charge < -0.3 is 15.3 Å². The fraction of sp³-hybridized carbons (Fsp3) is 0.350. The largest absolute Gasteiger partial charge is 0.381 e. The van der Waals surface area contributed by atoms with Gasteiger partial charge in [0.25, 0.3) is 5.91 Å². The SMILES string of the molecule is Cc1nc(Nc2ncc(C(=O)Nc3c(C)cccc3Cl)s2)nc(N2CCN(CO)CC2)n1. The second kappa shape index (κ2) is 9.74. The average molecular weight is 475 g/mol. The van der Waals surface area contributed by atoms with Gasteiger partial charge >= 0.3 is 0 Å². The smallest absolute Gasteiger partial charge is 0.267 e. The molecule has 3 N–H and O–H groups in total. The van der Waals surface area contributed by atoms with Gasteiger partial charge in [-0.2, -0.15) is 15.0 Å². The number of benzene rings is 1. The van der Waals surface area contributed by atoms with Crippen molar-refractivity contribution in [2.75, 3.05) is 48.4 Å². The summed E-state index contributed by atoms with van der Waals surface area (Å²) in [6, 6.07) is 5.44. The molecule has 0 spiro atoms. The Balaban J connectivity index is 1.45. The molecule has 1 aliphatic heterocycles. The molecule has 1 amide bonds. The van der Waals surface area contributed by atoms with E-state index in [1.807, 2.05) is 24.0 Å². The lowest BCUT2D eigenvalue weighted by molar-refractivity contribution is 0.101. The number of rotatable bonds is 6. The minimum atomic E-state index is -0.291. The second-order valence-corrected chi connectivity index (χ2v) is 8.73. The number of hydrogen-bond acceptors (Lipinski definition) is 10. The number of carbonyl (C=O) groups is 1. The molecule has 0 saturated carbocycles. The normalized spacial score (nSPS) is 14.4. The topological polar surface area (TPSA) is 119 Å². The van der Waals surface area contributed by atoms with E-state index in [4.69, 9.17) is 11.6 Å². The summed E-state index contributed by atoms with van der Waals surface area (Å²) in [5.41, 5.74) is 1.46. The van der Waals surface area contributed by atoms with E-state index in [1.54, 1.807) is 13.0 Å². The summed E-state index contributed by atoms with van der Waals surface area (Å²) >= 11 is 7.39. The van der Waals surface area contributed by atoms with E-state index < -0.39 is 0 Å². The van der Waals surface area contributed by atoms with E-state index in [2.05, 4.69) is 35.5 Å². The minimum Gasteiger partial charge on any atom is -0.381 e. The average Bonchev–Trinajstić information content (AvgIpc) is 3.24. The Morgan fingerprint density at radius 2 is 1.97 bits per heavy atom. The molecule has 3 aromatic rings. The Hall–Kier alpha value is -2.86. The van der Waals surface area contributed by atoms with Crippen LogP contribution in [0.1, 0.15) is 21.1 Å². The van der Waals surface area contributed by atoms with Gasteiger partial charge in [-0.25, -0.2) is 4.98 Å². The first-order valence-corrected chi connectivity index (χ1v) is 11.2. The highest BCUT2D eigenvalue weighted by atomic mass is 35.5. The third-order valence-corrected chi connectivity index (χ3v) is 6.23. The fourth-order valence-corrected chi connectivity index (χ4v) is 4.23. The van der Waals surface area contributed by atoms with Gasteiger partial charge in [0.05, 0.1) is 23.6 Å². The summed E-state index contributed by atoms with van der Waals surface area (Å²) in [5, 5.41) is 16.2. The van der Waals surface area contributed by atoms with Crippen LogP contribution in [0.5, 0.6) is 0 Å². The van der Waals surface area contributed by atoms with Crippen molar-refractivity contribution in [2.45, 2.75) is 13.8 Å². The highest BCUT2D eigenvalue weighted by Gasteiger charge is 2.20. The van der Waals surface area contributed by atoms with Crippen molar-refractivity contribution < 1.29 is 9.90 Å². The van der Waals surface area contributed by atoms with Crippen LogP contribution in [0.2, 0.25) is 5.02 Å². The Morgan fingerprint density at radius 1 is 1.19 bits per heavy atom. The first kappa shape index (κ1) is 22.3. The van der Waals surface area contributed by atoms with Gasteiger partial charge in [-0.15, -0.1) is 0 Å². The molecule has 32 heavy (non-hydrogen) atoms. The highest BCUT2D eigenvalue weighted by Crippen LogP contribution is 2.28. The lowest BCUT2D eigenvalue weighted by Crippen LogP contribution is -2.47. The molecule has 3 heterocycles. The number of amides is 1. The maximum Gasteiger partial charge on any atom is 0.267 e. The number of aliphatic hydroxyl groups excluding tert-OH is 1. The van der Waals surface area contributed by atoms with Crippen molar-refractivity contribution in [1.29, 1.82) is 0 Å². The highest BCUT2D eigenvalue weighted by molar-refractivity contribution is 7.17. The molecular weight excluding hydrogens is 452 g/mol. The van der Waals surface area contributed by atoms with Crippen molar-refractivity contribution in [2.24, 2.45) is 0 Å². The summed E-state index contributed by atoms with van der Waals surface area (Å²) in [4.78, 5) is 34.7. The van der Waals surface area contributed by atoms with Crippen LogP contribution in [0.3, 0.4) is 0 Å². The molecule has 1 aliphatic rings. The van der Waals surface area contributed by atoms with E-state index in [9.17, 15) is 9.90 Å². The number of nitrogens with one attached hydrogen (secondary N) is 2. The van der Waals surface area contributed by atoms with Gasteiger partial charge in [0.1, 0.15) is 10.7 Å². The summed E-state index contributed by atoms with van der Waals surface area (Å²) in [6.07, 6.45) is 1.50. The maximum absolute atomic E-state index is 12.7. The summed E-state index contributed by atoms with van der Waals surface area (Å²) in [7, 11) is 0. The predicted octanol–water partition coefficient (Wildman–Crippen LogP) is 2.67. The summed E-state index contributed by atoms with van der Waals surface area (Å²) in [6.45, 7) is 6.63. The van der Waals surface area contributed by atoms with Crippen LogP contribution in [0.4, 0.5) is 22.7 Å². The zero-order valence-corrected chi connectivity index (χ0v) is 19.2. The molecule has 0 radical (unpaired) electrons. The monoisotopic (exact) mass is 474 g/mol. The number of hydrogen-bond donors (Lipinski definition) is 3. The molecule has 4 rings (SSSR count). The first-order valence-electron chi connectivity index (χ1n) is 10.0. The van der Waals surface area contributed by atoms with Crippen molar-refractivity contribution >= 4 is 51.6 Å². The molecule has 12 heteroatoms. The Morgan fingerprint density at radius 3 is 2.69 bits per heavy atom. The molecule has 0 aliphatic carbocycles. The maximum atomic E-state index is 12.7. The van der Waals surface area contributed by atoms with E-state index >= 15 is 0 Å². The van der Waals surface area contributed by atoms with Crippen LogP contribution in [0, 0.1) is 13.8 Å². The molecule has 168 valence electrons. The summed E-state index contributed by atoms with van der Waals surface area (Å²) in [5.74, 6) is 1.22. The fourth-order valence-electron chi connectivity index (χ4n) is 3.25. The van der Waals surface area contributed by atoms with Gasteiger partial charge in [0.2, 0.25) is 11.9 Å². The second-order valence-electron chi connectivity index (χ2n) is 7.29. The molecule has 0 bridgehead atoms. The van der Waals surface area contributed by atoms with Crippen molar-refractivity contribution in [1.82, 2.24) is 24.8 Å². The van der Waals surface area contributed by atoms with Crippen LogP contribution in [0.15, 0.2) is 24.4 Å². The molecule has 1 saturated heterocycles. The van der Waals surface area contributed by atoms with Crippen LogP contribution < -0.4 is 15.5 Å². The molecule has 0 unspecified atom stereocenters. The number of aliphatic hydroxyl groups is 1. The van der Waals surface area contributed by atoms with Crippen LogP contribution in [0.25, 0.3) is 0 Å². The Labute approximate surface area is 194 Å². The number of thiazole rings is 1. The standard InChI is InChI=1S/C20H23ClN8O2S/c1-12-4-3-5-14(21)16(12)25-17(31)15-10-22-20(32-15)27-18-23-13(2)24-19(26-18)29-8-6-28(11-30)7-9-29/h3-5,10,30H,6-9,11H2,1-2H3,(H,25,31)(H,22,23,24,26,27). The number of piperazine rings is 1. The lowest BCUT2D eigenvalue weighted by Gasteiger charge is -2.33. The molecule has 1 fully saturated rings. The van der Waals surface area contributed by atoms with Crippen molar-refractivity contribution in [3.05, 3.63) is 45.7 Å².